The lowest BCUT2D eigenvalue weighted by Gasteiger charge is -2.16. The number of halogens is 2. The molecule has 1 aliphatic rings. The standard InChI is InChI=1S/C23H22F2N8O3/c1-13-18(11-33(30-13)12-20(24)25)29-22-26-8-6-16(28-22)14-4-3-5-15(27-14)17-10-19(36-31-17)23(35)7-9-32(2)21(23)34/h3-6,8,10-11,20,35H,7,9,12H2,1-2H3,(H,26,28,29). The van der Waals surface area contributed by atoms with Crippen LogP contribution in [0.5, 0.6) is 0 Å². The first-order valence-electron chi connectivity index (χ1n) is 11.1. The molecule has 0 spiro atoms. The van der Waals surface area contributed by atoms with Crippen molar-refractivity contribution < 1.29 is 23.2 Å². The number of carbonyl (C=O) groups is 1. The Morgan fingerprint density at radius 2 is 1.94 bits per heavy atom. The van der Waals surface area contributed by atoms with Crippen LogP contribution < -0.4 is 5.32 Å². The molecule has 1 saturated heterocycles. The van der Waals surface area contributed by atoms with Gasteiger partial charge in [0, 0.05) is 38.5 Å². The van der Waals surface area contributed by atoms with Crippen LogP contribution in [-0.2, 0) is 16.9 Å². The lowest BCUT2D eigenvalue weighted by Crippen LogP contribution is -2.35. The highest BCUT2D eigenvalue weighted by Gasteiger charge is 2.48. The molecule has 0 aromatic carbocycles. The summed E-state index contributed by atoms with van der Waals surface area (Å²) in [6.45, 7) is 1.60. The highest BCUT2D eigenvalue weighted by molar-refractivity contribution is 5.87. The number of carbonyl (C=O) groups excluding carboxylic acids is 1. The molecule has 186 valence electrons. The van der Waals surface area contributed by atoms with E-state index in [-0.39, 0.29) is 18.1 Å². The lowest BCUT2D eigenvalue weighted by atomic mass is 9.98. The second-order valence-corrected chi connectivity index (χ2v) is 8.45. The van der Waals surface area contributed by atoms with Crippen molar-refractivity contribution in [1.82, 2.24) is 34.8 Å². The normalized spacial score (nSPS) is 17.8. The molecule has 4 aromatic heterocycles. The van der Waals surface area contributed by atoms with Gasteiger partial charge < -0.3 is 19.8 Å². The van der Waals surface area contributed by atoms with Crippen LogP contribution in [0, 0.1) is 6.92 Å². The minimum Gasteiger partial charge on any atom is -0.373 e. The van der Waals surface area contributed by atoms with Crippen LogP contribution in [0.2, 0.25) is 0 Å². The second-order valence-electron chi connectivity index (χ2n) is 8.45. The number of amides is 1. The SMILES string of the molecule is Cc1nn(CC(F)F)cc1Nc1nccc(-c2cccc(-c3cc(C4(O)CCN(C)C4=O)on3)n2)n1. The van der Waals surface area contributed by atoms with E-state index in [9.17, 15) is 18.7 Å². The first-order chi connectivity index (χ1) is 17.2. The molecule has 1 fully saturated rings. The molecule has 1 amide bonds. The molecule has 5 rings (SSSR count). The minimum atomic E-state index is -2.52. The predicted octanol–water partition coefficient (Wildman–Crippen LogP) is 2.76. The quantitative estimate of drug-likeness (QED) is 0.396. The highest BCUT2D eigenvalue weighted by atomic mass is 19.3. The zero-order chi connectivity index (χ0) is 25.4. The molecular formula is C23H22F2N8O3. The van der Waals surface area contributed by atoms with Crippen molar-refractivity contribution in [2.45, 2.75) is 31.9 Å². The van der Waals surface area contributed by atoms with E-state index in [0.717, 1.165) is 4.68 Å². The minimum absolute atomic E-state index is 0.0651. The number of hydrogen-bond donors (Lipinski definition) is 2. The van der Waals surface area contributed by atoms with Crippen LogP contribution in [0.25, 0.3) is 22.8 Å². The average Bonchev–Trinajstić information content (AvgIpc) is 3.55. The molecule has 0 bridgehead atoms. The molecule has 13 heteroatoms. The molecule has 5 heterocycles. The third kappa shape index (κ3) is 4.40. The van der Waals surface area contributed by atoms with Gasteiger partial charge in [0.05, 0.1) is 28.5 Å². The number of alkyl halides is 2. The van der Waals surface area contributed by atoms with E-state index in [0.29, 0.717) is 40.7 Å². The number of anilines is 2. The maximum atomic E-state index is 12.7. The number of nitrogens with one attached hydrogen (secondary N) is 1. The van der Waals surface area contributed by atoms with E-state index in [1.54, 1.807) is 44.4 Å². The summed E-state index contributed by atoms with van der Waals surface area (Å²) in [5, 5.41) is 21.9. The Hall–Kier alpha value is -4.26. The molecule has 0 aliphatic carbocycles. The van der Waals surface area contributed by atoms with Crippen LogP contribution >= 0.6 is 0 Å². The molecular weight excluding hydrogens is 474 g/mol. The fraction of sp³-hybridized carbons (Fsp3) is 0.304. The number of aryl methyl sites for hydroxylation is 1. The second kappa shape index (κ2) is 9.07. The first-order valence-corrected chi connectivity index (χ1v) is 11.1. The van der Waals surface area contributed by atoms with E-state index in [2.05, 4.69) is 30.5 Å². The van der Waals surface area contributed by atoms with E-state index in [1.807, 2.05) is 0 Å². The first kappa shape index (κ1) is 23.5. The number of nitrogens with zero attached hydrogens (tertiary/aromatic N) is 7. The molecule has 1 unspecified atom stereocenters. The topological polar surface area (TPSA) is 135 Å². The summed E-state index contributed by atoms with van der Waals surface area (Å²) in [4.78, 5) is 27.1. The number of pyridine rings is 1. The van der Waals surface area contributed by atoms with Gasteiger partial charge in [0.2, 0.25) is 11.5 Å². The van der Waals surface area contributed by atoms with Gasteiger partial charge >= 0.3 is 0 Å². The molecule has 1 aliphatic heterocycles. The van der Waals surface area contributed by atoms with Gasteiger partial charge in [-0.25, -0.2) is 23.7 Å². The van der Waals surface area contributed by atoms with E-state index >= 15 is 0 Å². The van der Waals surface area contributed by atoms with Gasteiger partial charge in [-0.2, -0.15) is 5.10 Å². The average molecular weight is 496 g/mol. The van der Waals surface area contributed by atoms with Crippen molar-refractivity contribution in [1.29, 1.82) is 0 Å². The molecule has 0 saturated carbocycles. The van der Waals surface area contributed by atoms with Crippen LogP contribution in [-0.4, -0.2) is 65.8 Å². The van der Waals surface area contributed by atoms with Gasteiger partial charge in [0.25, 0.3) is 12.3 Å². The maximum Gasteiger partial charge on any atom is 0.262 e. The molecule has 2 N–H and O–H groups in total. The Balaban J connectivity index is 1.38. The smallest absolute Gasteiger partial charge is 0.262 e. The summed E-state index contributed by atoms with van der Waals surface area (Å²) in [6.07, 6.45) is 0.712. The van der Waals surface area contributed by atoms with Crippen molar-refractivity contribution in [3.05, 3.63) is 54.2 Å². The maximum absolute atomic E-state index is 12.7. The van der Waals surface area contributed by atoms with Gasteiger partial charge in [0.15, 0.2) is 5.76 Å². The highest BCUT2D eigenvalue weighted by Crippen LogP contribution is 2.34. The largest absolute Gasteiger partial charge is 0.373 e. The third-order valence-electron chi connectivity index (χ3n) is 5.87. The summed E-state index contributed by atoms with van der Waals surface area (Å²) in [6, 6.07) is 8.43. The van der Waals surface area contributed by atoms with Crippen molar-refractivity contribution in [2.75, 3.05) is 18.9 Å². The van der Waals surface area contributed by atoms with Crippen molar-refractivity contribution >= 4 is 17.5 Å². The fourth-order valence-corrected chi connectivity index (χ4v) is 3.95. The summed E-state index contributed by atoms with van der Waals surface area (Å²) in [5.74, 6) is -0.132. The van der Waals surface area contributed by atoms with Crippen LogP contribution in [0.1, 0.15) is 17.9 Å². The predicted molar refractivity (Wildman–Crippen MR) is 123 cm³/mol. The van der Waals surface area contributed by atoms with E-state index in [1.165, 1.54) is 17.2 Å². The molecule has 1 atom stereocenters. The number of aliphatic hydroxyl groups is 1. The summed E-state index contributed by atoms with van der Waals surface area (Å²) >= 11 is 0. The zero-order valence-corrected chi connectivity index (χ0v) is 19.4. The van der Waals surface area contributed by atoms with Gasteiger partial charge in [-0.15, -0.1) is 0 Å². The Morgan fingerprint density at radius 1 is 1.19 bits per heavy atom. The fourth-order valence-electron chi connectivity index (χ4n) is 3.95. The number of rotatable bonds is 7. The van der Waals surface area contributed by atoms with Gasteiger partial charge in [-0.1, -0.05) is 11.2 Å². The Bertz CT molecular complexity index is 1420. The third-order valence-corrected chi connectivity index (χ3v) is 5.87. The molecule has 36 heavy (non-hydrogen) atoms. The van der Waals surface area contributed by atoms with Gasteiger partial charge in [0.1, 0.15) is 12.2 Å². The number of hydrogen-bond acceptors (Lipinski definition) is 9. The Kier molecular flexibility index (Phi) is 5.92. The molecule has 4 aromatic rings. The lowest BCUT2D eigenvalue weighted by molar-refractivity contribution is -0.144. The summed E-state index contributed by atoms with van der Waals surface area (Å²) < 4.78 is 31.8. The zero-order valence-electron chi connectivity index (χ0n) is 19.4. The van der Waals surface area contributed by atoms with Crippen LogP contribution in [0.3, 0.4) is 0 Å². The van der Waals surface area contributed by atoms with E-state index < -0.39 is 24.5 Å². The molecule has 11 nitrogen and oxygen atoms in total. The van der Waals surface area contributed by atoms with Crippen molar-refractivity contribution in [2.24, 2.45) is 0 Å². The summed E-state index contributed by atoms with van der Waals surface area (Å²) in [5.41, 5.74) is 1.13. The Labute approximate surface area is 203 Å². The monoisotopic (exact) mass is 496 g/mol. The number of likely N-dealkylation sites (tertiary alicyclic amines) is 1. The van der Waals surface area contributed by atoms with Gasteiger partial charge in [-0.3, -0.25) is 9.48 Å². The number of aromatic nitrogens is 6. The van der Waals surface area contributed by atoms with Crippen molar-refractivity contribution in [3.8, 4) is 22.8 Å². The van der Waals surface area contributed by atoms with Crippen LogP contribution in [0.15, 0.2) is 47.2 Å². The van der Waals surface area contributed by atoms with Gasteiger partial charge in [-0.05, 0) is 25.1 Å². The van der Waals surface area contributed by atoms with Crippen LogP contribution in [0.4, 0.5) is 20.4 Å². The number of likely N-dealkylation sites (N-methyl/N-ethyl adjacent to an activating group) is 1. The molecule has 0 radical (unpaired) electrons. The van der Waals surface area contributed by atoms with Crippen molar-refractivity contribution in [3.63, 3.8) is 0 Å². The summed E-state index contributed by atoms with van der Waals surface area (Å²) in [7, 11) is 1.62. The van der Waals surface area contributed by atoms with E-state index in [4.69, 9.17) is 4.52 Å². The Morgan fingerprint density at radius 3 is 2.67 bits per heavy atom.